The summed E-state index contributed by atoms with van der Waals surface area (Å²) in [6.07, 6.45) is 1.70. The van der Waals surface area contributed by atoms with Gasteiger partial charge in [-0.25, -0.2) is 4.68 Å². The van der Waals surface area contributed by atoms with Gasteiger partial charge in [-0.15, -0.1) is 5.10 Å². The summed E-state index contributed by atoms with van der Waals surface area (Å²) in [5.74, 6) is 0. The molecule has 1 aliphatic heterocycles. The molecule has 1 fully saturated rings. The number of rotatable bonds is 4. The molecule has 6 heteroatoms. The van der Waals surface area contributed by atoms with Crippen molar-refractivity contribution in [3.05, 3.63) is 42.2 Å². The van der Waals surface area contributed by atoms with Gasteiger partial charge in [0.2, 0.25) is 0 Å². The number of hydrogen-bond donors (Lipinski definition) is 1. The molecule has 112 valence electrons. The fourth-order valence-electron chi connectivity index (χ4n) is 2.67. The molecular formula is C15H21N5O. The highest BCUT2D eigenvalue weighted by atomic mass is 16.5. The van der Waals surface area contributed by atoms with E-state index in [1.165, 1.54) is 0 Å². The third-order valence-corrected chi connectivity index (χ3v) is 3.94. The standard InChI is InChI=1S/C15H21N5O/c1-2-19-8-9-21-14(11-19)15(16)13-10-17-18-20(13)12-6-4-3-5-7-12/h3-7,10,14-15H,2,8-9,11,16H2,1H3. The van der Waals surface area contributed by atoms with Crippen molar-refractivity contribution in [2.24, 2.45) is 5.73 Å². The van der Waals surface area contributed by atoms with Crippen molar-refractivity contribution < 1.29 is 4.74 Å². The highest BCUT2D eigenvalue weighted by Gasteiger charge is 2.28. The Balaban J connectivity index is 1.82. The molecule has 1 aromatic heterocycles. The van der Waals surface area contributed by atoms with Crippen LogP contribution in [0.25, 0.3) is 5.69 Å². The van der Waals surface area contributed by atoms with E-state index in [9.17, 15) is 0 Å². The van der Waals surface area contributed by atoms with E-state index in [0.29, 0.717) is 0 Å². The second kappa shape index (κ2) is 6.34. The molecule has 21 heavy (non-hydrogen) atoms. The molecule has 2 heterocycles. The Kier molecular flexibility index (Phi) is 4.28. The van der Waals surface area contributed by atoms with E-state index < -0.39 is 0 Å². The third kappa shape index (κ3) is 2.97. The molecule has 6 nitrogen and oxygen atoms in total. The van der Waals surface area contributed by atoms with E-state index in [1.54, 1.807) is 10.9 Å². The summed E-state index contributed by atoms with van der Waals surface area (Å²) in [5.41, 5.74) is 8.26. The topological polar surface area (TPSA) is 69.2 Å². The van der Waals surface area contributed by atoms with Gasteiger partial charge < -0.3 is 10.5 Å². The maximum atomic E-state index is 6.42. The van der Waals surface area contributed by atoms with Crippen LogP contribution in [0.15, 0.2) is 36.5 Å². The molecule has 0 radical (unpaired) electrons. The van der Waals surface area contributed by atoms with Crippen molar-refractivity contribution in [1.29, 1.82) is 0 Å². The maximum absolute atomic E-state index is 6.42. The molecule has 0 amide bonds. The summed E-state index contributed by atoms with van der Waals surface area (Å²) in [7, 11) is 0. The van der Waals surface area contributed by atoms with Crippen LogP contribution in [0.1, 0.15) is 18.7 Å². The van der Waals surface area contributed by atoms with Crippen LogP contribution in [0.4, 0.5) is 0 Å². The number of nitrogens with zero attached hydrogens (tertiary/aromatic N) is 4. The summed E-state index contributed by atoms with van der Waals surface area (Å²) < 4.78 is 7.64. The van der Waals surface area contributed by atoms with Crippen molar-refractivity contribution in [2.75, 3.05) is 26.2 Å². The largest absolute Gasteiger partial charge is 0.374 e. The lowest BCUT2D eigenvalue weighted by molar-refractivity contribution is -0.0401. The van der Waals surface area contributed by atoms with Crippen LogP contribution in [0, 0.1) is 0 Å². The number of morpholine rings is 1. The SMILES string of the molecule is CCN1CCOC(C(N)c2cnnn2-c2ccccc2)C1. The predicted octanol–water partition coefficient (Wildman–Crippen LogP) is 0.988. The van der Waals surface area contributed by atoms with Crippen molar-refractivity contribution in [3.63, 3.8) is 0 Å². The van der Waals surface area contributed by atoms with Gasteiger partial charge in [0.1, 0.15) is 0 Å². The van der Waals surface area contributed by atoms with E-state index in [-0.39, 0.29) is 12.1 Å². The minimum Gasteiger partial charge on any atom is -0.374 e. The van der Waals surface area contributed by atoms with Gasteiger partial charge in [-0.3, -0.25) is 4.90 Å². The summed E-state index contributed by atoms with van der Waals surface area (Å²) in [4.78, 5) is 2.35. The van der Waals surface area contributed by atoms with Crippen LogP contribution in [0.5, 0.6) is 0 Å². The zero-order valence-corrected chi connectivity index (χ0v) is 12.2. The summed E-state index contributed by atoms with van der Waals surface area (Å²) in [5, 5.41) is 8.18. The molecule has 2 atom stereocenters. The van der Waals surface area contributed by atoms with Gasteiger partial charge in [-0.1, -0.05) is 30.3 Å². The highest BCUT2D eigenvalue weighted by Crippen LogP contribution is 2.21. The van der Waals surface area contributed by atoms with Gasteiger partial charge >= 0.3 is 0 Å². The predicted molar refractivity (Wildman–Crippen MR) is 80.1 cm³/mol. The summed E-state index contributed by atoms with van der Waals surface area (Å²) in [6.45, 7) is 5.71. The summed E-state index contributed by atoms with van der Waals surface area (Å²) in [6, 6.07) is 9.67. The van der Waals surface area contributed by atoms with Gasteiger partial charge in [0, 0.05) is 13.1 Å². The average Bonchev–Trinajstić information content (AvgIpc) is 3.04. The Hall–Kier alpha value is -1.76. The first-order chi connectivity index (χ1) is 10.3. The average molecular weight is 287 g/mol. The minimum atomic E-state index is -0.241. The number of likely N-dealkylation sites (N-methyl/N-ethyl adjacent to an activating group) is 1. The van der Waals surface area contributed by atoms with Crippen LogP contribution in [-0.2, 0) is 4.74 Å². The fourth-order valence-corrected chi connectivity index (χ4v) is 2.67. The first-order valence-corrected chi connectivity index (χ1v) is 7.35. The van der Waals surface area contributed by atoms with Gasteiger partial charge in [-0.05, 0) is 18.7 Å². The Morgan fingerprint density at radius 1 is 1.38 bits per heavy atom. The van der Waals surface area contributed by atoms with E-state index in [2.05, 4.69) is 22.1 Å². The summed E-state index contributed by atoms with van der Waals surface area (Å²) >= 11 is 0. The molecule has 0 bridgehead atoms. The number of nitrogens with two attached hydrogens (primary N) is 1. The molecule has 1 aromatic carbocycles. The quantitative estimate of drug-likeness (QED) is 0.908. The van der Waals surface area contributed by atoms with Gasteiger partial charge in [-0.2, -0.15) is 0 Å². The third-order valence-electron chi connectivity index (χ3n) is 3.94. The van der Waals surface area contributed by atoms with Crippen molar-refractivity contribution in [2.45, 2.75) is 19.1 Å². The number of benzene rings is 1. The highest BCUT2D eigenvalue weighted by molar-refractivity contribution is 5.32. The molecular weight excluding hydrogens is 266 g/mol. The van der Waals surface area contributed by atoms with E-state index in [0.717, 1.165) is 37.6 Å². The van der Waals surface area contributed by atoms with Gasteiger partial charge in [0.05, 0.1) is 36.3 Å². The Morgan fingerprint density at radius 2 is 2.19 bits per heavy atom. The van der Waals surface area contributed by atoms with Gasteiger partial charge in [0.15, 0.2) is 0 Å². The first kappa shape index (κ1) is 14.2. The lowest BCUT2D eigenvalue weighted by Crippen LogP contribution is -2.47. The fraction of sp³-hybridized carbons (Fsp3) is 0.467. The number of ether oxygens (including phenoxy) is 1. The molecule has 0 saturated carbocycles. The monoisotopic (exact) mass is 287 g/mol. The number of para-hydroxylation sites is 1. The van der Waals surface area contributed by atoms with Crippen LogP contribution >= 0.6 is 0 Å². The second-order valence-corrected chi connectivity index (χ2v) is 5.23. The minimum absolute atomic E-state index is 0.0281. The van der Waals surface area contributed by atoms with Crippen LogP contribution < -0.4 is 5.73 Å². The Labute approximate surface area is 124 Å². The van der Waals surface area contributed by atoms with Crippen LogP contribution in [0.2, 0.25) is 0 Å². The Bertz CT molecular complexity index is 570. The van der Waals surface area contributed by atoms with Crippen molar-refractivity contribution in [3.8, 4) is 5.69 Å². The maximum Gasteiger partial charge on any atom is 0.0910 e. The van der Waals surface area contributed by atoms with E-state index in [1.807, 2.05) is 30.3 Å². The lowest BCUT2D eigenvalue weighted by Gasteiger charge is -2.35. The first-order valence-electron chi connectivity index (χ1n) is 7.35. The molecule has 1 saturated heterocycles. The van der Waals surface area contributed by atoms with Crippen molar-refractivity contribution >= 4 is 0 Å². The normalized spacial score (nSPS) is 21.3. The van der Waals surface area contributed by atoms with Crippen LogP contribution in [-0.4, -0.2) is 52.2 Å². The van der Waals surface area contributed by atoms with Crippen LogP contribution in [0.3, 0.4) is 0 Å². The molecule has 1 aliphatic rings. The van der Waals surface area contributed by atoms with E-state index >= 15 is 0 Å². The van der Waals surface area contributed by atoms with Gasteiger partial charge in [0.25, 0.3) is 0 Å². The van der Waals surface area contributed by atoms with E-state index in [4.69, 9.17) is 10.5 Å². The zero-order chi connectivity index (χ0) is 14.7. The zero-order valence-electron chi connectivity index (χ0n) is 12.2. The lowest BCUT2D eigenvalue weighted by atomic mass is 10.1. The molecule has 3 rings (SSSR count). The molecule has 2 unspecified atom stereocenters. The number of hydrogen-bond acceptors (Lipinski definition) is 5. The number of aromatic nitrogens is 3. The molecule has 0 aliphatic carbocycles. The Morgan fingerprint density at radius 3 is 2.95 bits per heavy atom. The molecule has 2 aromatic rings. The van der Waals surface area contributed by atoms with Crippen molar-refractivity contribution in [1.82, 2.24) is 19.9 Å². The molecule has 0 spiro atoms. The molecule has 2 N–H and O–H groups in total. The second-order valence-electron chi connectivity index (χ2n) is 5.23. The smallest absolute Gasteiger partial charge is 0.0910 e.